The van der Waals surface area contributed by atoms with Gasteiger partial charge in [-0.3, -0.25) is 9.69 Å². The Kier molecular flexibility index (Phi) is 9.07. The number of piperidine rings is 1. The minimum absolute atomic E-state index is 0.0197. The van der Waals surface area contributed by atoms with Crippen LogP contribution in [0.5, 0.6) is 0 Å². The summed E-state index contributed by atoms with van der Waals surface area (Å²) < 4.78 is 10.8. The molecule has 0 bridgehead atoms. The summed E-state index contributed by atoms with van der Waals surface area (Å²) in [4.78, 5) is 39.4. The fourth-order valence-electron chi connectivity index (χ4n) is 3.59. The average molecular weight is 448 g/mol. The minimum atomic E-state index is -0.678. The third-order valence-electron chi connectivity index (χ3n) is 5.46. The maximum Gasteiger partial charge on any atom is 0.410 e. The molecule has 2 amide bonds. The molecule has 1 aromatic carbocycles. The third kappa shape index (κ3) is 7.82. The van der Waals surface area contributed by atoms with Crippen LogP contribution in [0.1, 0.15) is 53.0 Å². The SMILES string of the molecule is CC(C)C(N)C(=O)C1CC(CNC(=O)OCc2ccccc2)CCN1C(=O)OC(C)(C)C. The molecule has 0 aliphatic carbocycles. The van der Waals surface area contributed by atoms with Crippen molar-refractivity contribution in [3.63, 3.8) is 0 Å². The molecule has 1 aliphatic rings. The molecular formula is C24H37N3O5. The largest absolute Gasteiger partial charge is 0.445 e. The van der Waals surface area contributed by atoms with Crippen LogP contribution >= 0.6 is 0 Å². The molecule has 0 spiro atoms. The van der Waals surface area contributed by atoms with Crippen LogP contribution in [0.15, 0.2) is 30.3 Å². The number of hydrogen-bond acceptors (Lipinski definition) is 6. The lowest BCUT2D eigenvalue weighted by Gasteiger charge is -2.40. The van der Waals surface area contributed by atoms with Crippen LogP contribution in [-0.4, -0.2) is 53.6 Å². The summed E-state index contributed by atoms with van der Waals surface area (Å²) in [7, 11) is 0. The molecule has 3 atom stereocenters. The van der Waals surface area contributed by atoms with Gasteiger partial charge >= 0.3 is 12.2 Å². The number of nitrogens with zero attached hydrogens (tertiary/aromatic N) is 1. The van der Waals surface area contributed by atoms with E-state index in [0.29, 0.717) is 25.9 Å². The average Bonchev–Trinajstić information content (AvgIpc) is 2.74. The maximum absolute atomic E-state index is 13.1. The van der Waals surface area contributed by atoms with Crippen molar-refractivity contribution in [2.75, 3.05) is 13.1 Å². The molecule has 2 rings (SSSR count). The lowest BCUT2D eigenvalue weighted by molar-refractivity contribution is -0.128. The summed E-state index contributed by atoms with van der Waals surface area (Å²) in [5.41, 5.74) is 6.37. The van der Waals surface area contributed by atoms with Gasteiger partial charge in [-0.1, -0.05) is 44.2 Å². The highest BCUT2D eigenvalue weighted by atomic mass is 16.6. The molecule has 3 N–H and O–H groups in total. The van der Waals surface area contributed by atoms with Crippen molar-refractivity contribution < 1.29 is 23.9 Å². The van der Waals surface area contributed by atoms with Crippen molar-refractivity contribution in [3.8, 4) is 0 Å². The fraction of sp³-hybridized carbons (Fsp3) is 0.625. The van der Waals surface area contributed by atoms with Gasteiger partial charge in [0.15, 0.2) is 5.78 Å². The molecule has 32 heavy (non-hydrogen) atoms. The van der Waals surface area contributed by atoms with Crippen molar-refractivity contribution in [2.45, 2.75) is 71.8 Å². The molecule has 1 aliphatic heterocycles. The quantitative estimate of drug-likeness (QED) is 0.662. The second kappa shape index (κ2) is 11.3. The van der Waals surface area contributed by atoms with Crippen molar-refractivity contribution in [2.24, 2.45) is 17.6 Å². The smallest absolute Gasteiger partial charge is 0.410 e. The van der Waals surface area contributed by atoms with E-state index in [9.17, 15) is 14.4 Å². The van der Waals surface area contributed by atoms with Gasteiger partial charge in [0.2, 0.25) is 0 Å². The molecule has 0 radical (unpaired) electrons. The number of alkyl carbamates (subject to hydrolysis) is 1. The topological polar surface area (TPSA) is 111 Å². The van der Waals surface area contributed by atoms with Crippen LogP contribution in [0.25, 0.3) is 0 Å². The van der Waals surface area contributed by atoms with Gasteiger partial charge in [-0.15, -0.1) is 0 Å². The number of ether oxygens (including phenoxy) is 2. The molecule has 1 aromatic rings. The molecule has 1 saturated heterocycles. The Hall–Kier alpha value is -2.61. The first-order valence-corrected chi connectivity index (χ1v) is 11.2. The highest BCUT2D eigenvalue weighted by Crippen LogP contribution is 2.26. The molecule has 0 aromatic heterocycles. The van der Waals surface area contributed by atoms with Gasteiger partial charge in [0.25, 0.3) is 0 Å². The van der Waals surface area contributed by atoms with Crippen molar-refractivity contribution in [1.29, 1.82) is 0 Å². The Labute approximate surface area is 190 Å². The van der Waals surface area contributed by atoms with Crippen LogP contribution in [-0.2, 0) is 20.9 Å². The van der Waals surface area contributed by atoms with Crippen LogP contribution in [0.4, 0.5) is 9.59 Å². The Morgan fingerprint density at radius 3 is 2.44 bits per heavy atom. The zero-order valence-corrected chi connectivity index (χ0v) is 19.8. The molecular weight excluding hydrogens is 410 g/mol. The zero-order chi connectivity index (χ0) is 23.9. The number of amides is 2. The van der Waals surface area contributed by atoms with Gasteiger partial charge in [-0.2, -0.15) is 0 Å². The number of likely N-dealkylation sites (tertiary alicyclic amines) is 1. The van der Waals surface area contributed by atoms with E-state index in [2.05, 4.69) is 5.32 Å². The standard InChI is InChI=1S/C24H37N3O5/c1-16(2)20(25)21(28)19-13-18(11-12-27(19)23(30)32-24(3,4)5)14-26-22(29)31-15-17-9-7-6-8-10-17/h6-10,16,18-20H,11-15,25H2,1-5H3,(H,26,29). The third-order valence-corrected chi connectivity index (χ3v) is 5.46. The monoisotopic (exact) mass is 447 g/mol. The summed E-state index contributed by atoms with van der Waals surface area (Å²) in [5, 5.41) is 2.78. The van der Waals surface area contributed by atoms with E-state index in [-0.39, 0.29) is 24.2 Å². The maximum atomic E-state index is 13.1. The van der Waals surface area contributed by atoms with E-state index in [4.69, 9.17) is 15.2 Å². The Bertz CT molecular complexity index is 776. The predicted octanol–water partition coefficient (Wildman–Crippen LogP) is 3.48. The summed E-state index contributed by atoms with van der Waals surface area (Å²) in [5.74, 6) is -0.206. The van der Waals surface area contributed by atoms with E-state index in [1.165, 1.54) is 4.90 Å². The second-order valence-electron chi connectivity index (χ2n) is 9.69. The summed E-state index contributed by atoms with van der Waals surface area (Å²) >= 11 is 0. The summed E-state index contributed by atoms with van der Waals surface area (Å²) in [6.07, 6.45) is 0.0294. The van der Waals surface area contributed by atoms with Gasteiger partial charge in [0.1, 0.15) is 12.2 Å². The minimum Gasteiger partial charge on any atom is -0.445 e. The first-order chi connectivity index (χ1) is 15.0. The lowest BCUT2D eigenvalue weighted by atomic mass is 9.85. The van der Waals surface area contributed by atoms with Crippen molar-refractivity contribution in [3.05, 3.63) is 35.9 Å². The molecule has 178 valence electrons. The van der Waals surface area contributed by atoms with E-state index >= 15 is 0 Å². The first-order valence-electron chi connectivity index (χ1n) is 11.2. The fourth-order valence-corrected chi connectivity index (χ4v) is 3.59. The van der Waals surface area contributed by atoms with Gasteiger partial charge < -0.3 is 20.5 Å². The zero-order valence-electron chi connectivity index (χ0n) is 19.8. The number of nitrogens with one attached hydrogen (secondary N) is 1. The predicted molar refractivity (Wildman–Crippen MR) is 122 cm³/mol. The summed E-state index contributed by atoms with van der Waals surface area (Å²) in [6, 6.07) is 8.08. The Morgan fingerprint density at radius 1 is 1.19 bits per heavy atom. The van der Waals surface area contributed by atoms with E-state index < -0.39 is 29.9 Å². The number of hydrogen-bond donors (Lipinski definition) is 2. The Morgan fingerprint density at radius 2 is 1.84 bits per heavy atom. The molecule has 3 unspecified atom stereocenters. The van der Waals surface area contributed by atoms with E-state index in [0.717, 1.165) is 5.56 Å². The molecule has 8 nitrogen and oxygen atoms in total. The Balaban J connectivity index is 1.97. The number of carbonyl (C=O) groups is 3. The lowest BCUT2D eigenvalue weighted by Crippen LogP contribution is -2.57. The number of Topliss-reactive ketones (excluding diaryl/α,β-unsaturated/α-hetero) is 1. The molecule has 1 heterocycles. The van der Waals surface area contributed by atoms with Crippen LogP contribution < -0.4 is 11.1 Å². The molecule has 8 heteroatoms. The highest BCUT2D eigenvalue weighted by molar-refractivity contribution is 5.91. The van der Waals surface area contributed by atoms with E-state index in [1.54, 1.807) is 20.8 Å². The van der Waals surface area contributed by atoms with Crippen LogP contribution in [0.2, 0.25) is 0 Å². The van der Waals surface area contributed by atoms with Crippen LogP contribution in [0.3, 0.4) is 0 Å². The van der Waals surface area contributed by atoms with Crippen LogP contribution in [0, 0.1) is 11.8 Å². The van der Waals surface area contributed by atoms with Gasteiger partial charge in [-0.25, -0.2) is 9.59 Å². The van der Waals surface area contributed by atoms with Gasteiger partial charge in [-0.05, 0) is 51.0 Å². The van der Waals surface area contributed by atoms with Crippen molar-refractivity contribution >= 4 is 18.0 Å². The van der Waals surface area contributed by atoms with Crippen molar-refractivity contribution in [1.82, 2.24) is 10.2 Å². The number of nitrogens with two attached hydrogens (primary N) is 1. The molecule has 0 saturated carbocycles. The molecule has 1 fully saturated rings. The van der Waals surface area contributed by atoms with Gasteiger partial charge in [0.05, 0.1) is 12.1 Å². The number of benzene rings is 1. The number of rotatable bonds is 7. The second-order valence-corrected chi connectivity index (χ2v) is 9.69. The number of ketones is 1. The normalized spacial score (nSPS) is 19.9. The summed E-state index contributed by atoms with van der Waals surface area (Å²) in [6.45, 7) is 10.0. The highest BCUT2D eigenvalue weighted by Gasteiger charge is 2.40. The van der Waals surface area contributed by atoms with Gasteiger partial charge in [0, 0.05) is 13.1 Å². The first kappa shape index (κ1) is 25.6. The van der Waals surface area contributed by atoms with E-state index in [1.807, 2.05) is 44.2 Å². The number of carbonyl (C=O) groups excluding carboxylic acids is 3.